The molecule has 0 radical (unpaired) electrons. The number of nitrogens with one attached hydrogen (secondary N) is 1. The predicted octanol–water partition coefficient (Wildman–Crippen LogP) is 1.10. The van der Waals surface area contributed by atoms with Crippen molar-refractivity contribution >= 4 is 29.4 Å². The van der Waals surface area contributed by atoms with Crippen molar-refractivity contribution in [3.05, 3.63) is 33.9 Å². The van der Waals surface area contributed by atoms with Crippen LogP contribution in [0.1, 0.15) is 62.3 Å². The van der Waals surface area contributed by atoms with Crippen LogP contribution in [0.2, 0.25) is 0 Å². The van der Waals surface area contributed by atoms with Gasteiger partial charge in [0.05, 0.1) is 18.2 Å². The van der Waals surface area contributed by atoms with Crippen molar-refractivity contribution in [1.29, 1.82) is 0 Å². The van der Waals surface area contributed by atoms with Gasteiger partial charge in [0.2, 0.25) is 11.7 Å². The van der Waals surface area contributed by atoms with Crippen LogP contribution in [0.25, 0.3) is 5.76 Å². The lowest BCUT2D eigenvalue weighted by atomic mass is 9.61. The molecular weight excluding hydrogens is 494 g/mol. The van der Waals surface area contributed by atoms with E-state index in [2.05, 4.69) is 31.2 Å². The third-order valence-corrected chi connectivity index (χ3v) is 7.13. The Labute approximate surface area is 221 Å². The van der Waals surface area contributed by atoms with E-state index >= 15 is 0 Å². The molecule has 0 aromatic heterocycles. The normalized spacial score (nSPS) is 23.4. The molecule has 0 heterocycles. The Morgan fingerprint density at radius 1 is 1.32 bits per heavy atom. The molecule has 0 unspecified atom stereocenters. The highest BCUT2D eigenvalue weighted by Crippen LogP contribution is 2.49. The zero-order valence-corrected chi connectivity index (χ0v) is 22.2. The standard InChI is InChI=1S/C27H37N3O8/c1-26(2,3)13-29-11-16-7-15(12-30-38-4)18-9-14-8-17(5-6-31)27(37,19(32)10-20(28)33)25(36)21(14)24(35)22(18)23(16)34/h7,12,14,17,29,31,34-35,37H,5-6,8-11,13H2,1-4H3,(H2,28,33)/b30-12+/t14-,17-,27-/m1/s1. The fraction of sp³-hybridized carbons (Fsp3) is 0.556. The Balaban J connectivity index is 2.17. The van der Waals surface area contributed by atoms with E-state index in [1.165, 1.54) is 13.3 Å². The minimum atomic E-state index is -2.64. The number of hydrogen-bond donors (Lipinski definition) is 6. The second-order valence-electron chi connectivity index (χ2n) is 11.2. The maximum atomic E-state index is 13.7. The fourth-order valence-corrected chi connectivity index (χ4v) is 5.40. The summed E-state index contributed by atoms with van der Waals surface area (Å²) in [6, 6.07) is 1.73. The molecule has 0 bridgehead atoms. The number of aliphatic hydroxyl groups is 3. The van der Waals surface area contributed by atoms with Gasteiger partial charge in [-0.1, -0.05) is 25.9 Å². The number of primary amides is 1. The monoisotopic (exact) mass is 531 g/mol. The molecule has 38 heavy (non-hydrogen) atoms. The third kappa shape index (κ3) is 5.59. The highest BCUT2D eigenvalue weighted by Gasteiger charge is 2.57. The molecule has 2 aliphatic rings. The first-order valence-electron chi connectivity index (χ1n) is 12.5. The lowest BCUT2D eigenvalue weighted by Crippen LogP contribution is -2.59. The van der Waals surface area contributed by atoms with Crippen LogP contribution in [0, 0.1) is 17.3 Å². The molecule has 1 saturated carbocycles. The second kappa shape index (κ2) is 11.2. The van der Waals surface area contributed by atoms with E-state index in [1.807, 2.05) is 0 Å². The molecule has 3 atom stereocenters. The van der Waals surface area contributed by atoms with E-state index < -0.39 is 53.7 Å². The first-order chi connectivity index (χ1) is 17.8. The number of carbonyl (C=O) groups is 3. The highest BCUT2D eigenvalue weighted by molar-refractivity contribution is 6.23. The Morgan fingerprint density at radius 3 is 2.58 bits per heavy atom. The molecule has 3 rings (SSSR count). The molecule has 208 valence electrons. The van der Waals surface area contributed by atoms with Gasteiger partial charge in [-0.3, -0.25) is 14.4 Å². The Kier molecular flexibility index (Phi) is 8.65. The third-order valence-electron chi connectivity index (χ3n) is 7.13. The maximum Gasteiger partial charge on any atom is 0.225 e. The number of phenolic OH excluding ortho intramolecular Hbond substituents is 1. The number of ketones is 2. The summed E-state index contributed by atoms with van der Waals surface area (Å²) in [6.07, 6.45) is 0.767. The van der Waals surface area contributed by atoms with E-state index in [1.54, 1.807) is 6.07 Å². The van der Waals surface area contributed by atoms with E-state index in [0.717, 1.165) is 0 Å². The van der Waals surface area contributed by atoms with Crippen molar-refractivity contribution in [3.8, 4) is 5.75 Å². The number of nitrogens with zero attached hydrogens (tertiary/aromatic N) is 1. The van der Waals surface area contributed by atoms with Gasteiger partial charge >= 0.3 is 0 Å². The number of aromatic hydroxyl groups is 1. The summed E-state index contributed by atoms with van der Waals surface area (Å²) in [5.74, 6) is -5.55. The van der Waals surface area contributed by atoms with Crippen molar-refractivity contribution in [2.45, 2.75) is 58.6 Å². The zero-order chi connectivity index (χ0) is 28.4. The number of oxime groups is 1. The lowest BCUT2D eigenvalue weighted by Gasteiger charge is -2.43. The molecule has 1 aromatic rings. The van der Waals surface area contributed by atoms with E-state index in [4.69, 9.17) is 10.6 Å². The molecule has 1 amide bonds. The highest BCUT2D eigenvalue weighted by atomic mass is 16.6. The van der Waals surface area contributed by atoms with Gasteiger partial charge in [-0.15, -0.1) is 0 Å². The second-order valence-corrected chi connectivity index (χ2v) is 11.2. The first kappa shape index (κ1) is 29.3. The Morgan fingerprint density at radius 2 is 2.00 bits per heavy atom. The topological polar surface area (TPSA) is 192 Å². The molecule has 0 saturated heterocycles. The Hall–Kier alpha value is -3.28. The summed E-state index contributed by atoms with van der Waals surface area (Å²) in [5.41, 5.74) is 3.84. The molecule has 0 aliphatic heterocycles. The summed E-state index contributed by atoms with van der Waals surface area (Å²) < 4.78 is 0. The SMILES string of the molecule is CO/N=C/c1cc(CNCC(C)(C)C)c(O)c2c1C[C@H]1C[C@@H](CCO)[C@@](O)(C(=O)CC(N)=O)C(=O)C1=C2O. The minimum absolute atomic E-state index is 0.0162. The number of aliphatic hydroxyl groups excluding tert-OH is 2. The van der Waals surface area contributed by atoms with Crippen LogP contribution >= 0.6 is 0 Å². The summed E-state index contributed by atoms with van der Waals surface area (Å²) in [5, 5.41) is 50.7. The number of phenols is 1. The zero-order valence-electron chi connectivity index (χ0n) is 22.2. The number of nitrogens with two attached hydrogens (primary N) is 1. The summed E-state index contributed by atoms with van der Waals surface area (Å²) in [4.78, 5) is 42.9. The number of Topliss-reactive ketones (excluding diaryl/α,β-unsaturated/α-hetero) is 2. The van der Waals surface area contributed by atoms with Crippen molar-refractivity contribution in [2.24, 2.45) is 28.1 Å². The fourth-order valence-electron chi connectivity index (χ4n) is 5.40. The van der Waals surface area contributed by atoms with Crippen molar-refractivity contribution in [3.63, 3.8) is 0 Å². The molecule has 1 fully saturated rings. The van der Waals surface area contributed by atoms with Crippen molar-refractivity contribution < 1.29 is 39.6 Å². The first-order valence-corrected chi connectivity index (χ1v) is 12.5. The molecule has 1 aromatic carbocycles. The van der Waals surface area contributed by atoms with Gasteiger partial charge in [-0.05, 0) is 42.2 Å². The number of rotatable bonds is 10. The van der Waals surface area contributed by atoms with Gasteiger partial charge in [0.15, 0.2) is 11.4 Å². The average molecular weight is 532 g/mol. The van der Waals surface area contributed by atoms with Gasteiger partial charge < -0.3 is 36.3 Å². The molecule has 11 heteroatoms. The van der Waals surface area contributed by atoms with Gasteiger partial charge in [0, 0.05) is 42.3 Å². The molecule has 0 spiro atoms. The molecule has 2 aliphatic carbocycles. The Bertz CT molecular complexity index is 1180. The quantitative estimate of drug-likeness (QED) is 0.146. The van der Waals surface area contributed by atoms with Gasteiger partial charge in [0.25, 0.3) is 0 Å². The lowest BCUT2D eigenvalue weighted by molar-refractivity contribution is -0.159. The number of fused-ring (bicyclic) bond motifs is 2. The van der Waals surface area contributed by atoms with Gasteiger partial charge in [-0.25, -0.2) is 0 Å². The number of hydrogen-bond acceptors (Lipinski definition) is 10. The number of carbonyl (C=O) groups excluding carboxylic acids is 3. The number of amides is 1. The van der Waals surface area contributed by atoms with Crippen LogP contribution in [-0.2, 0) is 32.2 Å². The average Bonchev–Trinajstić information content (AvgIpc) is 2.81. The van der Waals surface area contributed by atoms with Gasteiger partial charge in [-0.2, -0.15) is 0 Å². The van der Waals surface area contributed by atoms with E-state index in [-0.39, 0.29) is 48.1 Å². The van der Waals surface area contributed by atoms with E-state index in [9.17, 15) is 34.8 Å². The summed E-state index contributed by atoms with van der Waals surface area (Å²) in [6.45, 7) is 6.65. The van der Waals surface area contributed by atoms with Crippen LogP contribution < -0.4 is 11.1 Å². The summed E-state index contributed by atoms with van der Waals surface area (Å²) in [7, 11) is 1.38. The van der Waals surface area contributed by atoms with Crippen LogP contribution in [0.15, 0.2) is 16.8 Å². The van der Waals surface area contributed by atoms with Crippen molar-refractivity contribution in [1.82, 2.24) is 5.32 Å². The minimum Gasteiger partial charge on any atom is -0.507 e. The van der Waals surface area contributed by atoms with Gasteiger partial charge in [0.1, 0.15) is 18.6 Å². The largest absolute Gasteiger partial charge is 0.507 e. The van der Waals surface area contributed by atoms with E-state index in [0.29, 0.717) is 23.2 Å². The van der Waals surface area contributed by atoms with Crippen LogP contribution in [0.5, 0.6) is 5.75 Å². The van der Waals surface area contributed by atoms with Crippen molar-refractivity contribution in [2.75, 3.05) is 20.3 Å². The van der Waals surface area contributed by atoms with Crippen LogP contribution in [0.4, 0.5) is 0 Å². The van der Waals surface area contributed by atoms with Crippen LogP contribution in [-0.4, -0.2) is 70.0 Å². The molecular formula is C27H37N3O8. The molecule has 11 nitrogen and oxygen atoms in total. The molecule has 7 N–H and O–H groups in total. The summed E-state index contributed by atoms with van der Waals surface area (Å²) >= 11 is 0. The maximum absolute atomic E-state index is 13.7. The predicted molar refractivity (Wildman–Crippen MR) is 139 cm³/mol. The van der Waals surface area contributed by atoms with Crippen LogP contribution in [0.3, 0.4) is 0 Å². The smallest absolute Gasteiger partial charge is 0.225 e. The number of benzene rings is 1.